The van der Waals surface area contributed by atoms with E-state index < -0.39 is 11.4 Å². The fourth-order valence-corrected chi connectivity index (χ4v) is 9.35. The van der Waals surface area contributed by atoms with Crippen LogP contribution in [0, 0.1) is 5.82 Å². The van der Waals surface area contributed by atoms with Crippen molar-refractivity contribution in [1.29, 1.82) is 0 Å². The molecular formula is C38H48ClFN6O5. The molecule has 0 unspecified atom stereocenters. The van der Waals surface area contributed by atoms with Crippen LogP contribution in [-0.2, 0) is 22.4 Å². The first-order valence-corrected chi connectivity index (χ1v) is 18.7. The Hall–Kier alpha value is -3.61. The molecule has 5 aliphatic rings. The molecule has 8 rings (SSSR count). The Morgan fingerprint density at radius 3 is 2.47 bits per heavy atom. The van der Waals surface area contributed by atoms with Gasteiger partial charge in [-0.05, 0) is 96.3 Å². The number of piperazine rings is 1. The van der Waals surface area contributed by atoms with E-state index in [-0.39, 0.29) is 35.5 Å². The van der Waals surface area contributed by atoms with E-state index in [2.05, 4.69) is 14.7 Å². The van der Waals surface area contributed by atoms with E-state index in [1.165, 1.54) is 18.9 Å². The van der Waals surface area contributed by atoms with Crippen LogP contribution in [-0.4, -0.2) is 102 Å². The lowest BCUT2D eigenvalue weighted by atomic mass is 9.95. The van der Waals surface area contributed by atoms with Crippen molar-refractivity contribution in [3.05, 3.63) is 46.4 Å². The van der Waals surface area contributed by atoms with Crippen molar-refractivity contribution in [2.75, 3.05) is 63.0 Å². The van der Waals surface area contributed by atoms with Crippen molar-refractivity contribution >= 4 is 40.0 Å². The van der Waals surface area contributed by atoms with Crippen LogP contribution < -0.4 is 19.3 Å². The average molecular weight is 723 g/mol. The monoisotopic (exact) mass is 722 g/mol. The highest BCUT2D eigenvalue weighted by molar-refractivity contribution is 6.37. The highest BCUT2D eigenvalue weighted by atomic mass is 35.5. The number of halogens is 2. The average Bonchev–Trinajstić information content (AvgIpc) is 3.77. The molecule has 2 bridgehead atoms. The van der Waals surface area contributed by atoms with E-state index in [9.17, 15) is 9.18 Å². The van der Waals surface area contributed by atoms with E-state index in [0.29, 0.717) is 56.4 Å². The fraction of sp³-hybridized carbons (Fsp3) is 0.605. The van der Waals surface area contributed by atoms with Crippen LogP contribution in [0.5, 0.6) is 11.8 Å². The number of aromatic nitrogens is 2. The highest BCUT2D eigenvalue weighted by Gasteiger charge is 2.47. The second-order valence-corrected chi connectivity index (χ2v) is 16.1. The Morgan fingerprint density at radius 2 is 1.76 bits per heavy atom. The van der Waals surface area contributed by atoms with Crippen LogP contribution in [0.3, 0.4) is 0 Å². The number of methoxy groups -OCH3 is 1. The molecule has 1 amide bonds. The number of fused-ring (bicyclic) bond motifs is 5. The topological polar surface area (TPSA) is 92.7 Å². The molecule has 0 saturated carbocycles. The number of anilines is 2. The minimum Gasteiger partial charge on any atom is -0.467 e. The van der Waals surface area contributed by atoms with Gasteiger partial charge in [-0.1, -0.05) is 17.7 Å². The zero-order valence-corrected chi connectivity index (χ0v) is 30.8. The second-order valence-electron chi connectivity index (χ2n) is 15.8. The van der Waals surface area contributed by atoms with Crippen LogP contribution in [0.2, 0.25) is 5.02 Å². The first kappa shape index (κ1) is 34.5. The molecule has 1 aromatic heterocycles. The number of carbonyl (C=O) groups is 1. The first-order chi connectivity index (χ1) is 24.5. The van der Waals surface area contributed by atoms with Crippen molar-refractivity contribution in [3.8, 4) is 11.8 Å². The molecule has 0 spiro atoms. The number of nitrogens with zero attached hydrogens (tertiary/aromatic N) is 6. The van der Waals surface area contributed by atoms with Gasteiger partial charge < -0.3 is 28.7 Å². The summed E-state index contributed by atoms with van der Waals surface area (Å²) in [6.07, 6.45) is 6.90. The van der Waals surface area contributed by atoms with E-state index in [0.717, 1.165) is 66.9 Å². The fourth-order valence-electron chi connectivity index (χ4n) is 9.08. The van der Waals surface area contributed by atoms with Gasteiger partial charge in [-0.15, -0.1) is 0 Å². The number of rotatable bonds is 8. The summed E-state index contributed by atoms with van der Waals surface area (Å²) in [7, 11) is 1.58. The zero-order chi connectivity index (χ0) is 35.5. The maximum absolute atomic E-state index is 14.9. The summed E-state index contributed by atoms with van der Waals surface area (Å²) in [5.41, 5.74) is 2.22. The van der Waals surface area contributed by atoms with Gasteiger partial charge in [-0.25, -0.2) is 9.18 Å². The first-order valence-electron chi connectivity index (χ1n) is 18.3. The molecule has 4 saturated heterocycles. The van der Waals surface area contributed by atoms with E-state index in [1.807, 2.05) is 37.8 Å². The van der Waals surface area contributed by atoms with Gasteiger partial charge in [0.2, 0.25) is 0 Å². The van der Waals surface area contributed by atoms with Crippen molar-refractivity contribution in [1.82, 2.24) is 19.8 Å². The summed E-state index contributed by atoms with van der Waals surface area (Å²) >= 11 is 6.65. The van der Waals surface area contributed by atoms with E-state index in [4.69, 9.17) is 40.5 Å². The van der Waals surface area contributed by atoms with Gasteiger partial charge in [-0.2, -0.15) is 9.97 Å². The predicted octanol–water partition coefficient (Wildman–Crippen LogP) is 6.56. The second kappa shape index (κ2) is 13.4. The largest absolute Gasteiger partial charge is 0.467 e. The number of benzene rings is 2. The lowest BCUT2D eigenvalue weighted by Crippen LogP contribution is -2.57. The van der Waals surface area contributed by atoms with Crippen LogP contribution in [0.15, 0.2) is 24.3 Å². The molecule has 2 atom stereocenters. The summed E-state index contributed by atoms with van der Waals surface area (Å²) in [4.78, 5) is 32.6. The third-order valence-electron chi connectivity index (χ3n) is 11.3. The minimum atomic E-state index is -0.554. The highest BCUT2D eigenvalue weighted by Crippen LogP contribution is 2.43. The SMILES string of the molecule is COCOc1cc(N2CCc3c(nc(OCC45CCCN4CCC5)nc3N3C[C@@H]4CC[C@@H](C3)N4C(=O)OC(C)(C)C)C2)c2c(Cl)c(F)ccc2c1. The molecule has 0 radical (unpaired) electrons. The van der Waals surface area contributed by atoms with Crippen molar-refractivity contribution in [2.45, 2.75) is 95.5 Å². The molecule has 2 aromatic carbocycles. The molecule has 11 nitrogen and oxygen atoms in total. The Morgan fingerprint density at radius 1 is 1.02 bits per heavy atom. The molecule has 0 N–H and O–H groups in total. The van der Waals surface area contributed by atoms with Crippen LogP contribution in [0.1, 0.15) is 70.6 Å². The van der Waals surface area contributed by atoms with Crippen molar-refractivity contribution in [3.63, 3.8) is 0 Å². The molecule has 0 aliphatic carbocycles. The number of hydrogen-bond acceptors (Lipinski definition) is 10. The Kier molecular flexibility index (Phi) is 9.07. The molecule has 4 fully saturated rings. The standard InChI is InChI=1S/C38H48ClFN6O5/c1-37(2,3)51-36(47)46-25-8-9-26(46)20-44(19-25)34-28-11-16-43(31-18-27(50-23-48-4)17-24-7-10-29(40)33(39)32(24)31)21-30(28)41-35(42-34)49-22-38-12-5-14-45(38)15-6-13-38/h7,10,17-18,25-26H,5-6,8-9,11-16,19-23H2,1-4H3/t25-,26-/m0/s1. The molecule has 51 heavy (non-hydrogen) atoms. The summed E-state index contributed by atoms with van der Waals surface area (Å²) in [6.45, 7) is 11.0. The van der Waals surface area contributed by atoms with Crippen LogP contribution in [0.4, 0.5) is 20.7 Å². The summed E-state index contributed by atoms with van der Waals surface area (Å²) in [6, 6.07) is 7.32. The smallest absolute Gasteiger partial charge is 0.410 e. The van der Waals surface area contributed by atoms with Crippen LogP contribution in [0.25, 0.3) is 10.8 Å². The summed E-state index contributed by atoms with van der Waals surface area (Å²) < 4.78 is 38.3. The van der Waals surface area contributed by atoms with Crippen molar-refractivity contribution in [2.24, 2.45) is 0 Å². The molecule has 13 heteroatoms. The number of amides is 1. The Bertz CT molecular complexity index is 1800. The normalized spacial score (nSPS) is 22.7. The Labute approximate surface area is 303 Å². The van der Waals surface area contributed by atoms with Gasteiger partial charge in [0.05, 0.1) is 40.6 Å². The van der Waals surface area contributed by atoms with Gasteiger partial charge in [-0.3, -0.25) is 9.80 Å². The molecule has 274 valence electrons. The lowest BCUT2D eigenvalue weighted by molar-refractivity contribution is 0.0122. The van der Waals surface area contributed by atoms with Gasteiger partial charge in [0.15, 0.2) is 6.79 Å². The van der Waals surface area contributed by atoms with Gasteiger partial charge in [0.25, 0.3) is 0 Å². The zero-order valence-electron chi connectivity index (χ0n) is 30.1. The van der Waals surface area contributed by atoms with Crippen LogP contribution >= 0.6 is 11.6 Å². The summed E-state index contributed by atoms with van der Waals surface area (Å²) in [5.74, 6) is 1.02. The maximum atomic E-state index is 14.9. The summed E-state index contributed by atoms with van der Waals surface area (Å²) in [5, 5.41) is 1.49. The lowest BCUT2D eigenvalue weighted by Gasteiger charge is -2.43. The third-order valence-corrected chi connectivity index (χ3v) is 11.7. The van der Waals surface area contributed by atoms with Gasteiger partial charge in [0, 0.05) is 43.8 Å². The maximum Gasteiger partial charge on any atom is 0.410 e. The minimum absolute atomic E-state index is 0.0383. The number of carbonyl (C=O) groups excluding carboxylic acids is 1. The molecule has 3 aromatic rings. The Balaban J connectivity index is 1.14. The predicted molar refractivity (Wildman–Crippen MR) is 194 cm³/mol. The van der Waals surface area contributed by atoms with E-state index in [1.54, 1.807) is 13.2 Å². The number of ether oxygens (including phenoxy) is 4. The third kappa shape index (κ3) is 6.52. The van der Waals surface area contributed by atoms with Crippen molar-refractivity contribution < 1.29 is 28.1 Å². The number of hydrogen-bond donors (Lipinski definition) is 0. The molecule has 5 aliphatic heterocycles. The van der Waals surface area contributed by atoms with Gasteiger partial charge in [0.1, 0.15) is 29.6 Å². The quantitative estimate of drug-likeness (QED) is 0.238. The molecular weight excluding hydrogens is 675 g/mol. The van der Waals surface area contributed by atoms with E-state index >= 15 is 0 Å². The molecule has 6 heterocycles. The van der Waals surface area contributed by atoms with Gasteiger partial charge >= 0.3 is 12.1 Å².